The Balaban J connectivity index is 1.95. The van der Waals surface area contributed by atoms with Gasteiger partial charge >= 0.3 is 12.1 Å². The van der Waals surface area contributed by atoms with Crippen LogP contribution in [0, 0.1) is 0 Å². The van der Waals surface area contributed by atoms with Crippen molar-refractivity contribution in [3.63, 3.8) is 0 Å². The summed E-state index contributed by atoms with van der Waals surface area (Å²) in [6, 6.07) is 0.127. The van der Waals surface area contributed by atoms with E-state index in [1.165, 1.54) is 7.11 Å². The predicted octanol–water partition coefficient (Wildman–Crippen LogP) is 0.464. The number of ether oxygens (including phenoxy) is 2. The third kappa shape index (κ3) is 2.43. The number of hydrogen-bond acceptors (Lipinski definition) is 5. The van der Waals surface area contributed by atoms with E-state index in [4.69, 9.17) is 9.47 Å². The first-order valence-electron chi connectivity index (χ1n) is 6.42. The fourth-order valence-electron chi connectivity index (χ4n) is 2.84. The van der Waals surface area contributed by atoms with Gasteiger partial charge in [0.15, 0.2) is 0 Å². The van der Waals surface area contributed by atoms with Crippen LogP contribution in [0.5, 0.6) is 0 Å². The maximum Gasteiger partial charge on any atom is 0.409 e. The fraction of sp³-hybridized carbons (Fsp3) is 0.833. The van der Waals surface area contributed by atoms with Crippen LogP contribution in [0.1, 0.15) is 19.8 Å². The maximum absolute atomic E-state index is 11.8. The van der Waals surface area contributed by atoms with Gasteiger partial charge in [-0.15, -0.1) is 0 Å². The Morgan fingerprint density at radius 2 is 2.06 bits per heavy atom. The van der Waals surface area contributed by atoms with E-state index in [1.54, 1.807) is 4.90 Å². The molecule has 0 aromatic carbocycles. The molecule has 0 spiro atoms. The molecule has 2 aliphatic heterocycles. The lowest BCUT2D eigenvalue weighted by molar-refractivity contribution is -0.149. The van der Waals surface area contributed by atoms with Gasteiger partial charge in [0, 0.05) is 25.7 Å². The molecule has 0 saturated carbocycles. The SMILES string of the molecule is CCOC(=O)C1CCC2CN(C(=O)OC)CCN21. The molecule has 2 aliphatic rings. The molecule has 2 unspecified atom stereocenters. The second-order valence-electron chi connectivity index (χ2n) is 4.65. The van der Waals surface area contributed by atoms with E-state index in [1.807, 2.05) is 6.92 Å². The van der Waals surface area contributed by atoms with Crippen LogP contribution in [0.15, 0.2) is 0 Å². The van der Waals surface area contributed by atoms with E-state index < -0.39 is 0 Å². The van der Waals surface area contributed by atoms with Crippen LogP contribution in [-0.4, -0.2) is 67.3 Å². The zero-order valence-electron chi connectivity index (χ0n) is 10.9. The molecule has 6 heteroatoms. The summed E-state index contributed by atoms with van der Waals surface area (Å²) in [4.78, 5) is 27.1. The number of methoxy groups -OCH3 is 1. The molecule has 2 atom stereocenters. The Hall–Kier alpha value is -1.30. The summed E-state index contributed by atoms with van der Waals surface area (Å²) in [5.41, 5.74) is 0. The molecule has 1 amide bonds. The van der Waals surface area contributed by atoms with Gasteiger partial charge in [-0.2, -0.15) is 0 Å². The molecule has 2 saturated heterocycles. The van der Waals surface area contributed by atoms with Crippen LogP contribution in [-0.2, 0) is 14.3 Å². The van der Waals surface area contributed by atoms with E-state index in [9.17, 15) is 9.59 Å². The van der Waals surface area contributed by atoms with Crippen molar-refractivity contribution in [1.29, 1.82) is 0 Å². The second kappa shape index (κ2) is 5.56. The highest BCUT2D eigenvalue weighted by atomic mass is 16.5. The Bertz CT molecular complexity index is 334. The molecular formula is C12H20N2O4. The Kier molecular flexibility index (Phi) is 4.06. The summed E-state index contributed by atoms with van der Waals surface area (Å²) >= 11 is 0. The van der Waals surface area contributed by atoms with Crippen LogP contribution in [0.3, 0.4) is 0 Å². The van der Waals surface area contributed by atoms with Crippen molar-refractivity contribution in [2.24, 2.45) is 0 Å². The second-order valence-corrected chi connectivity index (χ2v) is 4.65. The van der Waals surface area contributed by atoms with E-state index >= 15 is 0 Å². The van der Waals surface area contributed by atoms with Crippen molar-refractivity contribution in [2.45, 2.75) is 31.8 Å². The highest BCUT2D eigenvalue weighted by Gasteiger charge is 2.42. The number of hydrogen-bond donors (Lipinski definition) is 0. The number of rotatable bonds is 2. The summed E-state index contributed by atoms with van der Waals surface area (Å²) in [7, 11) is 1.39. The van der Waals surface area contributed by atoms with Crippen LogP contribution < -0.4 is 0 Å². The van der Waals surface area contributed by atoms with Crippen LogP contribution in [0.25, 0.3) is 0 Å². The van der Waals surface area contributed by atoms with Gasteiger partial charge < -0.3 is 14.4 Å². The Morgan fingerprint density at radius 3 is 2.72 bits per heavy atom. The maximum atomic E-state index is 11.8. The smallest absolute Gasteiger partial charge is 0.409 e. The van der Waals surface area contributed by atoms with E-state index in [0.29, 0.717) is 26.2 Å². The highest BCUT2D eigenvalue weighted by Crippen LogP contribution is 2.28. The number of carbonyl (C=O) groups excluding carboxylic acids is 2. The van der Waals surface area contributed by atoms with Crippen molar-refractivity contribution in [1.82, 2.24) is 9.80 Å². The first-order valence-corrected chi connectivity index (χ1v) is 6.42. The summed E-state index contributed by atoms with van der Waals surface area (Å²) in [6.07, 6.45) is 1.46. The standard InChI is InChI=1S/C12H20N2O4/c1-3-18-11(15)10-5-4-9-8-13(12(16)17-2)6-7-14(9)10/h9-10H,3-8H2,1-2H3. The van der Waals surface area contributed by atoms with Gasteiger partial charge in [-0.3, -0.25) is 9.69 Å². The average molecular weight is 256 g/mol. The van der Waals surface area contributed by atoms with Gasteiger partial charge in [-0.1, -0.05) is 0 Å². The molecule has 102 valence electrons. The zero-order chi connectivity index (χ0) is 13.1. The van der Waals surface area contributed by atoms with Crippen LogP contribution >= 0.6 is 0 Å². The van der Waals surface area contributed by atoms with Crippen molar-refractivity contribution in [3.8, 4) is 0 Å². The van der Waals surface area contributed by atoms with E-state index in [2.05, 4.69) is 4.90 Å². The van der Waals surface area contributed by atoms with Crippen molar-refractivity contribution in [2.75, 3.05) is 33.4 Å². The Labute approximate surface area is 107 Å². The molecule has 0 aromatic heterocycles. The van der Waals surface area contributed by atoms with E-state index in [0.717, 1.165) is 12.8 Å². The summed E-state index contributed by atoms with van der Waals surface area (Å²) in [6.45, 7) is 4.20. The number of fused-ring (bicyclic) bond motifs is 1. The predicted molar refractivity (Wildman–Crippen MR) is 64.1 cm³/mol. The van der Waals surface area contributed by atoms with E-state index in [-0.39, 0.29) is 24.1 Å². The minimum Gasteiger partial charge on any atom is -0.465 e. The van der Waals surface area contributed by atoms with Gasteiger partial charge in [0.2, 0.25) is 0 Å². The van der Waals surface area contributed by atoms with Crippen LogP contribution in [0.4, 0.5) is 4.79 Å². The molecule has 0 aliphatic carbocycles. The lowest BCUT2D eigenvalue weighted by Crippen LogP contribution is -2.55. The third-order valence-corrected chi connectivity index (χ3v) is 3.69. The average Bonchev–Trinajstić information content (AvgIpc) is 2.80. The Morgan fingerprint density at radius 1 is 1.28 bits per heavy atom. The molecule has 18 heavy (non-hydrogen) atoms. The normalized spacial score (nSPS) is 27.8. The highest BCUT2D eigenvalue weighted by molar-refractivity contribution is 5.76. The fourth-order valence-corrected chi connectivity index (χ4v) is 2.84. The van der Waals surface area contributed by atoms with Crippen molar-refractivity contribution in [3.05, 3.63) is 0 Å². The minimum absolute atomic E-state index is 0.130. The van der Waals surface area contributed by atoms with Gasteiger partial charge in [0.1, 0.15) is 6.04 Å². The molecule has 2 heterocycles. The lowest BCUT2D eigenvalue weighted by Gasteiger charge is -2.38. The van der Waals surface area contributed by atoms with Crippen molar-refractivity contribution >= 4 is 12.1 Å². The number of piperazine rings is 1. The molecule has 0 aromatic rings. The number of amides is 1. The molecule has 0 bridgehead atoms. The summed E-state index contributed by atoms with van der Waals surface area (Å²) in [5, 5.41) is 0. The van der Waals surface area contributed by atoms with Gasteiger partial charge in [-0.05, 0) is 19.8 Å². The first kappa shape index (κ1) is 13.1. The molecule has 2 rings (SSSR count). The number of esters is 1. The summed E-state index contributed by atoms with van der Waals surface area (Å²) < 4.78 is 9.81. The quantitative estimate of drug-likeness (QED) is 0.672. The third-order valence-electron chi connectivity index (χ3n) is 3.69. The van der Waals surface area contributed by atoms with Gasteiger partial charge in [-0.25, -0.2) is 4.79 Å². The lowest BCUT2D eigenvalue weighted by atomic mass is 10.2. The van der Waals surface area contributed by atoms with Gasteiger partial charge in [0.05, 0.1) is 13.7 Å². The molecule has 0 N–H and O–H groups in total. The minimum atomic E-state index is -0.283. The first-order chi connectivity index (χ1) is 8.67. The number of nitrogens with zero attached hydrogens (tertiary/aromatic N) is 2. The molecule has 6 nitrogen and oxygen atoms in total. The molecular weight excluding hydrogens is 236 g/mol. The number of carbonyl (C=O) groups is 2. The van der Waals surface area contributed by atoms with Crippen molar-refractivity contribution < 1.29 is 19.1 Å². The van der Waals surface area contributed by atoms with Crippen LogP contribution in [0.2, 0.25) is 0 Å². The zero-order valence-corrected chi connectivity index (χ0v) is 10.9. The monoisotopic (exact) mass is 256 g/mol. The van der Waals surface area contributed by atoms with Gasteiger partial charge in [0.25, 0.3) is 0 Å². The molecule has 0 radical (unpaired) electrons. The topological polar surface area (TPSA) is 59.1 Å². The molecule has 2 fully saturated rings. The summed E-state index contributed by atoms with van der Waals surface area (Å²) in [5.74, 6) is -0.133. The largest absolute Gasteiger partial charge is 0.465 e.